The van der Waals surface area contributed by atoms with Crippen LogP contribution in [0.1, 0.15) is 42.9 Å². The van der Waals surface area contributed by atoms with Crippen molar-refractivity contribution in [2.45, 2.75) is 50.3 Å². The molecule has 41 heavy (non-hydrogen) atoms. The first-order valence-electron chi connectivity index (χ1n) is 13.8. The fourth-order valence-electron chi connectivity index (χ4n) is 6.77. The zero-order chi connectivity index (χ0) is 29.4. The molecule has 10 heteroatoms. The van der Waals surface area contributed by atoms with Gasteiger partial charge in [-0.1, -0.05) is 60.7 Å². The van der Waals surface area contributed by atoms with Gasteiger partial charge in [-0.05, 0) is 56.1 Å². The van der Waals surface area contributed by atoms with Crippen LogP contribution in [0.25, 0.3) is 0 Å². The predicted molar refractivity (Wildman–Crippen MR) is 154 cm³/mol. The number of alkyl halides is 3. The molecule has 0 saturated carbocycles. The van der Waals surface area contributed by atoms with Crippen LogP contribution in [0.4, 0.5) is 18.9 Å². The van der Waals surface area contributed by atoms with Crippen LogP contribution in [0, 0.1) is 5.41 Å². The first-order valence-corrected chi connectivity index (χ1v) is 15.2. The summed E-state index contributed by atoms with van der Waals surface area (Å²) in [6.45, 7) is 5.94. The van der Waals surface area contributed by atoms with Gasteiger partial charge in [-0.3, -0.25) is 4.31 Å². The number of ether oxygens (including phenoxy) is 1. The van der Waals surface area contributed by atoms with Crippen LogP contribution in [0.5, 0.6) is 5.75 Å². The summed E-state index contributed by atoms with van der Waals surface area (Å²) in [4.78, 5) is 2.46. The van der Waals surface area contributed by atoms with E-state index in [1.807, 2.05) is 12.1 Å². The lowest BCUT2D eigenvalue weighted by molar-refractivity contribution is -0.0440. The molecule has 6 nitrogen and oxygen atoms in total. The van der Waals surface area contributed by atoms with Crippen molar-refractivity contribution in [1.82, 2.24) is 10.2 Å². The SMILES string of the molecule is COc1ccc(N(C(C)C)S(=O)(=O)C(F)(F)F)cc1CNC1CN2CCC1(C(c1ccccc1)c1ccccc1)C2. The number of anilines is 1. The Balaban J connectivity index is 1.48. The van der Waals surface area contributed by atoms with E-state index < -0.39 is 21.6 Å². The van der Waals surface area contributed by atoms with E-state index in [2.05, 4.69) is 58.7 Å². The summed E-state index contributed by atoms with van der Waals surface area (Å²) in [5.74, 6) is 0.631. The molecule has 5 rings (SSSR count). The number of sulfonamides is 1. The van der Waals surface area contributed by atoms with E-state index in [0.717, 1.165) is 26.1 Å². The molecule has 3 unspecified atom stereocenters. The van der Waals surface area contributed by atoms with Gasteiger partial charge in [0.2, 0.25) is 0 Å². The topological polar surface area (TPSA) is 61.9 Å². The number of rotatable bonds is 10. The monoisotopic (exact) mass is 587 g/mol. The minimum Gasteiger partial charge on any atom is -0.496 e. The molecular formula is C31H36F3N3O3S. The Labute approximate surface area is 240 Å². The van der Waals surface area contributed by atoms with Crippen LogP contribution >= 0.6 is 0 Å². The molecule has 2 fully saturated rings. The van der Waals surface area contributed by atoms with E-state index in [4.69, 9.17) is 4.74 Å². The average molecular weight is 588 g/mol. The number of fused-ring (bicyclic) bond motifs is 2. The van der Waals surface area contributed by atoms with Crippen molar-refractivity contribution < 1.29 is 26.3 Å². The van der Waals surface area contributed by atoms with Crippen molar-refractivity contribution in [3.63, 3.8) is 0 Å². The van der Waals surface area contributed by atoms with Gasteiger partial charge in [0.05, 0.1) is 12.8 Å². The smallest absolute Gasteiger partial charge is 0.496 e. The van der Waals surface area contributed by atoms with Gasteiger partial charge in [-0.25, -0.2) is 0 Å². The Morgan fingerprint density at radius 1 is 1.02 bits per heavy atom. The van der Waals surface area contributed by atoms with Crippen LogP contribution in [-0.2, 0) is 16.6 Å². The molecule has 3 atom stereocenters. The molecule has 220 valence electrons. The van der Waals surface area contributed by atoms with Crippen LogP contribution < -0.4 is 14.4 Å². The molecule has 3 aromatic rings. The number of piperidine rings is 1. The molecule has 0 aromatic heterocycles. The van der Waals surface area contributed by atoms with E-state index in [1.165, 1.54) is 50.3 Å². The summed E-state index contributed by atoms with van der Waals surface area (Å²) in [5.41, 5.74) is -2.47. The molecular weight excluding hydrogens is 551 g/mol. The molecule has 0 spiro atoms. The highest BCUT2D eigenvalue weighted by Gasteiger charge is 2.56. The summed E-state index contributed by atoms with van der Waals surface area (Å²) in [6.07, 6.45) is 1.00. The van der Waals surface area contributed by atoms with E-state index in [9.17, 15) is 21.6 Å². The third kappa shape index (κ3) is 5.45. The summed E-state index contributed by atoms with van der Waals surface area (Å²) in [6, 6.07) is 24.6. The zero-order valence-electron chi connectivity index (χ0n) is 23.4. The Morgan fingerprint density at radius 3 is 2.15 bits per heavy atom. The highest BCUT2D eigenvalue weighted by atomic mass is 32.2. The summed E-state index contributed by atoms with van der Waals surface area (Å²) in [5, 5.41) is 3.72. The average Bonchev–Trinajstić information content (AvgIpc) is 3.51. The van der Waals surface area contributed by atoms with Crippen molar-refractivity contribution in [1.29, 1.82) is 0 Å². The number of benzene rings is 3. The molecule has 0 aliphatic carbocycles. The third-order valence-corrected chi connectivity index (χ3v) is 10.2. The molecule has 2 saturated heterocycles. The van der Waals surface area contributed by atoms with Crippen molar-refractivity contribution in [2.24, 2.45) is 5.41 Å². The lowest BCUT2D eigenvalue weighted by Gasteiger charge is -2.42. The molecule has 2 bridgehead atoms. The van der Waals surface area contributed by atoms with Crippen LogP contribution in [0.3, 0.4) is 0 Å². The summed E-state index contributed by atoms with van der Waals surface area (Å²) in [7, 11) is -4.08. The van der Waals surface area contributed by atoms with Gasteiger partial charge in [0, 0.05) is 48.6 Å². The van der Waals surface area contributed by atoms with Gasteiger partial charge >= 0.3 is 15.5 Å². The molecule has 0 amide bonds. The van der Waals surface area contributed by atoms with Gasteiger partial charge < -0.3 is 15.0 Å². The fourth-order valence-corrected chi connectivity index (χ4v) is 7.94. The molecule has 2 aliphatic heterocycles. The molecule has 0 radical (unpaired) electrons. The van der Waals surface area contributed by atoms with E-state index in [1.54, 1.807) is 0 Å². The number of nitrogens with zero attached hydrogens (tertiary/aromatic N) is 2. The Hall–Kier alpha value is -3.08. The second-order valence-electron chi connectivity index (χ2n) is 11.2. The maximum Gasteiger partial charge on any atom is 0.516 e. The van der Waals surface area contributed by atoms with Crippen LogP contribution in [0.15, 0.2) is 78.9 Å². The van der Waals surface area contributed by atoms with Gasteiger partial charge in [-0.15, -0.1) is 0 Å². The molecule has 2 aliphatic rings. The highest BCUT2D eigenvalue weighted by molar-refractivity contribution is 7.93. The van der Waals surface area contributed by atoms with Gasteiger partial charge in [0.1, 0.15) is 5.75 Å². The zero-order valence-corrected chi connectivity index (χ0v) is 24.3. The first kappa shape index (κ1) is 29.4. The van der Waals surface area contributed by atoms with Crippen molar-refractivity contribution in [2.75, 3.05) is 31.0 Å². The van der Waals surface area contributed by atoms with E-state index >= 15 is 0 Å². The van der Waals surface area contributed by atoms with Crippen molar-refractivity contribution in [3.05, 3.63) is 95.6 Å². The standard InChI is InChI=1S/C31H36F3N3O3S/c1-22(2)37(41(38,39)31(32,33)34)26-14-15-27(40-3)25(18-26)19-35-28-20-36-17-16-30(28,21-36)29(23-10-6-4-7-11-23)24-12-8-5-9-13-24/h4-15,18,22,28-29,35H,16-17,19-21H2,1-3H3. The van der Waals surface area contributed by atoms with Gasteiger partial charge in [0.25, 0.3) is 0 Å². The van der Waals surface area contributed by atoms with Gasteiger partial charge in [-0.2, -0.15) is 21.6 Å². The second kappa shape index (κ2) is 11.3. The van der Waals surface area contributed by atoms with Crippen molar-refractivity contribution in [3.8, 4) is 5.75 Å². The molecule has 2 heterocycles. The number of halogens is 3. The number of nitrogens with one attached hydrogen (secondary N) is 1. The summed E-state index contributed by atoms with van der Waals surface area (Å²) < 4.78 is 71.5. The predicted octanol–water partition coefficient (Wildman–Crippen LogP) is 5.76. The molecule has 1 N–H and O–H groups in total. The number of hydrogen-bond donors (Lipinski definition) is 1. The molecule has 3 aromatic carbocycles. The number of methoxy groups -OCH3 is 1. The van der Waals surface area contributed by atoms with Gasteiger partial charge in [0.15, 0.2) is 0 Å². The Morgan fingerprint density at radius 2 is 1.63 bits per heavy atom. The summed E-state index contributed by atoms with van der Waals surface area (Å²) >= 11 is 0. The maximum absolute atomic E-state index is 13.5. The Kier molecular flexibility index (Phi) is 8.11. The lowest BCUT2D eigenvalue weighted by Crippen LogP contribution is -2.49. The first-order chi connectivity index (χ1) is 19.5. The quantitative estimate of drug-likeness (QED) is 0.327. The van der Waals surface area contributed by atoms with E-state index in [0.29, 0.717) is 22.2 Å². The minimum atomic E-state index is -5.58. The highest BCUT2D eigenvalue weighted by Crippen LogP contribution is 2.53. The van der Waals surface area contributed by atoms with Crippen molar-refractivity contribution >= 4 is 15.7 Å². The lowest BCUT2D eigenvalue weighted by atomic mass is 9.64. The van der Waals surface area contributed by atoms with E-state index in [-0.39, 0.29) is 23.1 Å². The van der Waals surface area contributed by atoms with Crippen LogP contribution in [-0.4, -0.2) is 57.7 Å². The third-order valence-electron chi connectivity index (χ3n) is 8.46. The second-order valence-corrected chi connectivity index (χ2v) is 13.0. The Bertz CT molecular complexity index is 1410. The minimum absolute atomic E-state index is 0.0484. The normalized spacial score (nSPS) is 22.4. The van der Waals surface area contributed by atoms with Crippen LogP contribution in [0.2, 0.25) is 0 Å². The fraction of sp³-hybridized carbons (Fsp3) is 0.419. The number of hydrogen-bond acceptors (Lipinski definition) is 5. The maximum atomic E-state index is 13.5. The largest absolute Gasteiger partial charge is 0.516 e.